The minimum atomic E-state index is -0.131. The zero-order valence-electron chi connectivity index (χ0n) is 16.2. The maximum absolute atomic E-state index is 12.2. The number of amides is 2. The third-order valence-corrected chi connectivity index (χ3v) is 6.32. The van der Waals surface area contributed by atoms with Crippen LogP contribution in [0.4, 0.5) is 5.69 Å². The standard InChI is InChI=1S/C21H20ClN3O3S2/c1-28-18-5-3-2-4-14(18)11-23-19(26)10-17-12-29-21(25-17)30-13-20(27)24-16-8-6-15(22)7-9-16/h2-9,12H,10-11,13H2,1H3,(H,23,26)(H,24,27). The minimum absolute atomic E-state index is 0.122. The molecule has 0 aliphatic heterocycles. The lowest BCUT2D eigenvalue weighted by atomic mass is 10.2. The molecule has 0 saturated heterocycles. The fraction of sp³-hybridized carbons (Fsp3) is 0.190. The molecule has 0 fully saturated rings. The van der Waals surface area contributed by atoms with Gasteiger partial charge in [0.2, 0.25) is 11.8 Å². The Morgan fingerprint density at radius 3 is 2.67 bits per heavy atom. The average molecular weight is 462 g/mol. The molecule has 6 nitrogen and oxygen atoms in total. The second kappa shape index (κ2) is 11.0. The molecule has 0 aliphatic carbocycles. The van der Waals surface area contributed by atoms with Gasteiger partial charge in [-0.05, 0) is 30.3 Å². The number of carbonyl (C=O) groups excluding carboxylic acids is 2. The van der Waals surface area contributed by atoms with Crippen LogP contribution in [-0.2, 0) is 22.6 Å². The monoisotopic (exact) mass is 461 g/mol. The Morgan fingerprint density at radius 2 is 1.90 bits per heavy atom. The molecule has 3 rings (SSSR count). The molecule has 1 aromatic heterocycles. The van der Waals surface area contributed by atoms with E-state index in [0.717, 1.165) is 15.7 Å². The summed E-state index contributed by atoms with van der Waals surface area (Å²) in [5, 5.41) is 8.13. The number of ether oxygens (including phenoxy) is 1. The first-order valence-corrected chi connectivity index (χ1v) is 11.3. The van der Waals surface area contributed by atoms with Gasteiger partial charge in [0, 0.05) is 28.2 Å². The topological polar surface area (TPSA) is 80.3 Å². The summed E-state index contributed by atoms with van der Waals surface area (Å²) >= 11 is 8.59. The molecule has 3 aromatic rings. The molecule has 30 heavy (non-hydrogen) atoms. The normalized spacial score (nSPS) is 10.5. The van der Waals surface area contributed by atoms with Crippen molar-refractivity contribution in [3.05, 3.63) is 70.2 Å². The fourth-order valence-electron chi connectivity index (χ4n) is 2.56. The Bertz CT molecular complexity index is 1010. The summed E-state index contributed by atoms with van der Waals surface area (Å²) in [6, 6.07) is 14.5. The highest BCUT2D eigenvalue weighted by atomic mass is 35.5. The highest BCUT2D eigenvalue weighted by Crippen LogP contribution is 2.23. The van der Waals surface area contributed by atoms with Crippen LogP contribution in [0.2, 0.25) is 5.02 Å². The first kappa shape index (κ1) is 22.1. The Kier molecular flexibility index (Phi) is 8.12. The molecule has 2 N–H and O–H groups in total. The van der Waals surface area contributed by atoms with E-state index in [1.165, 1.54) is 23.1 Å². The highest BCUT2D eigenvalue weighted by molar-refractivity contribution is 8.01. The van der Waals surface area contributed by atoms with Gasteiger partial charge in [-0.2, -0.15) is 0 Å². The summed E-state index contributed by atoms with van der Waals surface area (Å²) < 4.78 is 6.03. The molecular weight excluding hydrogens is 442 g/mol. The Hall–Kier alpha value is -2.55. The first-order chi connectivity index (χ1) is 14.5. The molecule has 0 atom stereocenters. The van der Waals surface area contributed by atoms with Crippen molar-refractivity contribution >= 4 is 52.2 Å². The molecule has 2 aromatic carbocycles. The summed E-state index contributed by atoms with van der Waals surface area (Å²) in [5.74, 6) is 0.717. The smallest absolute Gasteiger partial charge is 0.234 e. The zero-order chi connectivity index (χ0) is 21.3. The Morgan fingerprint density at radius 1 is 1.13 bits per heavy atom. The summed E-state index contributed by atoms with van der Waals surface area (Å²) in [6.45, 7) is 0.388. The van der Waals surface area contributed by atoms with E-state index in [9.17, 15) is 9.59 Å². The zero-order valence-corrected chi connectivity index (χ0v) is 18.6. The van der Waals surface area contributed by atoms with Crippen LogP contribution in [0.3, 0.4) is 0 Å². The van der Waals surface area contributed by atoms with Crippen LogP contribution < -0.4 is 15.4 Å². The van der Waals surface area contributed by atoms with Crippen molar-refractivity contribution in [1.29, 1.82) is 0 Å². The molecule has 0 bridgehead atoms. The number of carbonyl (C=O) groups is 2. The van der Waals surface area contributed by atoms with Crippen LogP contribution in [0.5, 0.6) is 5.75 Å². The third kappa shape index (κ3) is 6.76. The maximum Gasteiger partial charge on any atom is 0.234 e. The van der Waals surface area contributed by atoms with Crippen molar-refractivity contribution in [3.8, 4) is 5.75 Å². The number of methoxy groups -OCH3 is 1. The molecule has 1 heterocycles. The molecular formula is C21H20ClN3O3S2. The van der Waals surface area contributed by atoms with Crippen LogP contribution in [0.15, 0.2) is 58.3 Å². The number of nitrogens with zero attached hydrogens (tertiary/aromatic N) is 1. The van der Waals surface area contributed by atoms with E-state index in [-0.39, 0.29) is 24.0 Å². The van der Waals surface area contributed by atoms with Crippen LogP contribution in [-0.4, -0.2) is 29.7 Å². The van der Waals surface area contributed by atoms with E-state index in [4.69, 9.17) is 16.3 Å². The van der Waals surface area contributed by atoms with E-state index in [0.29, 0.717) is 22.9 Å². The Labute approximate surface area is 188 Å². The molecule has 0 saturated carbocycles. The number of rotatable bonds is 9. The number of nitrogens with one attached hydrogen (secondary N) is 2. The number of anilines is 1. The number of aromatic nitrogens is 1. The molecule has 156 valence electrons. The maximum atomic E-state index is 12.2. The molecule has 2 amide bonds. The second-order valence-corrected chi connectivity index (χ2v) is 8.73. The summed E-state index contributed by atoms with van der Waals surface area (Å²) in [4.78, 5) is 28.7. The van der Waals surface area contributed by atoms with Crippen LogP contribution >= 0.6 is 34.7 Å². The van der Waals surface area contributed by atoms with Gasteiger partial charge < -0.3 is 15.4 Å². The quantitative estimate of drug-likeness (QED) is 0.462. The van der Waals surface area contributed by atoms with Gasteiger partial charge in [-0.1, -0.05) is 41.6 Å². The van der Waals surface area contributed by atoms with Gasteiger partial charge in [0.05, 0.1) is 25.0 Å². The van der Waals surface area contributed by atoms with Gasteiger partial charge >= 0.3 is 0 Å². The number of benzene rings is 2. The lowest BCUT2D eigenvalue weighted by molar-refractivity contribution is -0.120. The predicted molar refractivity (Wildman–Crippen MR) is 121 cm³/mol. The number of hydrogen-bond donors (Lipinski definition) is 2. The molecule has 0 unspecified atom stereocenters. The number of para-hydroxylation sites is 1. The largest absolute Gasteiger partial charge is 0.496 e. The van der Waals surface area contributed by atoms with Crippen molar-refractivity contribution in [2.75, 3.05) is 18.2 Å². The van der Waals surface area contributed by atoms with E-state index in [2.05, 4.69) is 15.6 Å². The second-order valence-electron chi connectivity index (χ2n) is 6.21. The predicted octanol–water partition coefficient (Wildman–Crippen LogP) is 4.39. The molecule has 9 heteroatoms. The number of thiazole rings is 1. The van der Waals surface area contributed by atoms with Gasteiger partial charge in [0.25, 0.3) is 0 Å². The van der Waals surface area contributed by atoms with E-state index in [1.54, 1.807) is 31.4 Å². The van der Waals surface area contributed by atoms with Gasteiger partial charge in [0.15, 0.2) is 4.34 Å². The van der Waals surface area contributed by atoms with Gasteiger partial charge in [-0.3, -0.25) is 9.59 Å². The van der Waals surface area contributed by atoms with Gasteiger partial charge in [-0.15, -0.1) is 11.3 Å². The third-order valence-electron chi connectivity index (χ3n) is 4.00. The van der Waals surface area contributed by atoms with E-state index < -0.39 is 0 Å². The highest BCUT2D eigenvalue weighted by Gasteiger charge is 2.11. The fourth-order valence-corrected chi connectivity index (χ4v) is 4.33. The molecule has 0 radical (unpaired) electrons. The average Bonchev–Trinajstić information content (AvgIpc) is 3.20. The van der Waals surface area contributed by atoms with Crippen LogP contribution in [0.1, 0.15) is 11.3 Å². The number of thioether (sulfide) groups is 1. The number of hydrogen-bond acceptors (Lipinski definition) is 6. The van der Waals surface area contributed by atoms with Crippen molar-refractivity contribution < 1.29 is 14.3 Å². The summed E-state index contributed by atoms with van der Waals surface area (Å²) in [5.41, 5.74) is 2.28. The van der Waals surface area contributed by atoms with Gasteiger partial charge in [-0.25, -0.2) is 4.98 Å². The lowest BCUT2D eigenvalue weighted by Crippen LogP contribution is -2.24. The number of halogens is 1. The lowest BCUT2D eigenvalue weighted by Gasteiger charge is -2.09. The minimum Gasteiger partial charge on any atom is -0.496 e. The van der Waals surface area contributed by atoms with Gasteiger partial charge in [0.1, 0.15) is 5.75 Å². The Balaban J connectivity index is 1.43. The van der Waals surface area contributed by atoms with Crippen molar-refractivity contribution in [2.24, 2.45) is 0 Å². The summed E-state index contributed by atoms with van der Waals surface area (Å²) in [7, 11) is 1.60. The van der Waals surface area contributed by atoms with Crippen molar-refractivity contribution in [2.45, 2.75) is 17.3 Å². The SMILES string of the molecule is COc1ccccc1CNC(=O)Cc1csc(SCC(=O)Nc2ccc(Cl)cc2)n1. The molecule has 0 spiro atoms. The van der Waals surface area contributed by atoms with Crippen molar-refractivity contribution in [1.82, 2.24) is 10.3 Å². The molecule has 0 aliphatic rings. The van der Waals surface area contributed by atoms with E-state index >= 15 is 0 Å². The van der Waals surface area contributed by atoms with Crippen LogP contribution in [0.25, 0.3) is 0 Å². The van der Waals surface area contributed by atoms with Crippen molar-refractivity contribution in [3.63, 3.8) is 0 Å². The van der Waals surface area contributed by atoms with E-state index in [1.807, 2.05) is 29.6 Å². The first-order valence-electron chi connectivity index (χ1n) is 9.04. The summed E-state index contributed by atoms with van der Waals surface area (Å²) in [6.07, 6.45) is 0.184. The van der Waals surface area contributed by atoms with Crippen LogP contribution in [0, 0.1) is 0 Å².